The normalized spacial score (nSPS) is 23.3. The molecule has 0 radical (unpaired) electrons. The Bertz CT molecular complexity index is 979. The molecular weight excluding hydrogens is 459 g/mol. The standard InChI is InChI=1S/C26H30Cl2N2O3/c1-29(25(31)16-18-9-11-21(27)22(28)15-18)23-12-10-20(17-24(23)30-13-5-6-14-30)33-26(32)19-7-3-2-4-8-19/h2-4,7-9,11,15,20,23-24H,5-6,10,12-14,16-17H2,1H3/t20-,23+,24+/m1/s1. The van der Waals surface area contributed by atoms with Crippen molar-refractivity contribution in [1.29, 1.82) is 0 Å². The number of hydrogen-bond acceptors (Lipinski definition) is 4. The Balaban J connectivity index is 1.43. The van der Waals surface area contributed by atoms with Crippen molar-refractivity contribution in [3.8, 4) is 0 Å². The Kier molecular flexibility index (Phi) is 7.94. The first kappa shape index (κ1) is 24.1. The molecular formula is C26H30Cl2N2O3. The van der Waals surface area contributed by atoms with Gasteiger partial charge in [-0.2, -0.15) is 0 Å². The number of halogens is 2. The Hall–Kier alpha value is -2.08. The summed E-state index contributed by atoms with van der Waals surface area (Å²) in [4.78, 5) is 30.1. The minimum atomic E-state index is -0.275. The Labute approximate surface area is 205 Å². The Morgan fingerprint density at radius 2 is 1.76 bits per heavy atom. The fraction of sp³-hybridized carbons (Fsp3) is 0.462. The van der Waals surface area contributed by atoms with E-state index in [0.717, 1.165) is 37.9 Å². The molecule has 1 heterocycles. The van der Waals surface area contributed by atoms with Crippen LogP contribution in [-0.4, -0.2) is 60.0 Å². The van der Waals surface area contributed by atoms with Gasteiger partial charge in [-0.3, -0.25) is 9.69 Å². The van der Waals surface area contributed by atoms with E-state index >= 15 is 0 Å². The summed E-state index contributed by atoms with van der Waals surface area (Å²) in [5, 5.41) is 0.944. The van der Waals surface area contributed by atoms with Crippen molar-refractivity contribution in [3.05, 3.63) is 69.7 Å². The molecule has 2 fully saturated rings. The predicted octanol–water partition coefficient (Wildman–Crippen LogP) is 5.24. The molecule has 1 aliphatic heterocycles. The van der Waals surface area contributed by atoms with Gasteiger partial charge in [-0.1, -0.05) is 47.5 Å². The zero-order chi connectivity index (χ0) is 23.4. The molecule has 0 bridgehead atoms. The van der Waals surface area contributed by atoms with Gasteiger partial charge in [0.15, 0.2) is 0 Å². The monoisotopic (exact) mass is 488 g/mol. The third kappa shape index (κ3) is 5.89. The molecule has 1 amide bonds. The molecule has 0 unspecified atom stereocenters. The molecule has 2 aliphatic rings. The van der Waals surface area contributed by atoms with Crippen molar-refractivity contribution >= 4 is 35.1 Å². The van der Waals surface area contributed by atoms with Crippen LogP contribution in [0.1, 0.15) is 48.0 Å². The fourth-order valence-corrected chi connectivity index (χ4v) is 5.37. The van der Waals surface area contributed by atoms with Crippen LogP contribution < -0.4 is 0 Å². The lowest BCUT2D eigenvalue weighted by Crippen LogP contribution is -2.56. The van der Waals surface area contributed by atoms with Crippen molar-refractivity contribution in [2.24, 2.45) is 0 Å². The van der Waals surface area contributed by atoms with Gasteiger partial charge < -0.3 is 9.64 Å². The Morgan fingerprint density at radius 1 is 1.03 bits per heavy atom. The highest BCUT2D eigenvalue weighted by Gasteiger charge is 2.40. The maximum absolute atomic E-state index is 13.2. The van der Waals surface area contributed by atoms with E-state index in [-0.39, 0.29) is 36.5 Å². The summed E-state index contributed by atoms with van der Waals surface area (Å²) in [6, 6.07) is 14.7. The Morgan fingerprint density at radius 3 is 2.45 bits per heavy atom. The molecule has 176 valence electrons. The second-order valence-corrected chi connectivity index (χ2v) is 9.83. The minimum Gasteiger partial charge on any atom is -0.459 e. The van der Waals surface area contributed by atoms with Gasteiger partial charge in [-0.15, -0.1) is 0 Å². The van der Waals surface area contributed by atoms with Gasteiger partial charge in [0.05, 0.1) is 22.0 Å². The molecule has 33 heavy (non-hydrogen) atoms. The molecule has 2 aromatic carbocycles. The van der Waals surface area contributed by atoms with E-state index in [2.05, 4.69) is 4.90 Å². The summed E-state index contributed by atoms with van der Waals surface area (Å²) in [5.74, 6) is -0.217. The fourth-order valence-electron chi connectivity index (χ4n) is 5.05. The van der Waals surface area contributed by atoms with Gasteiger partial charge in [-0.25, -0.2) is 4.79 Å². The van der Waals surface area contributed by atoms with Crippen LogP contribution in [0.4, 0.5) is 0 Å². The van der Waals surface area contributed by atoms with E-state index in [0.29, 0.717) is 15.6 Å². The van der Waals surface area contributed by atoms with E-state index in [1.807, 2.05) is 36.2 Å². The average molecular weight is 489 g/mol. The molecule has 0 N–H and O–H groups in total. The smallest absolute Gasteiger partial charge is 0.338 e. The second-order valence-electron chi connectivity index (χ2n) is 9.01. The zero-order valence-electron chi connectivity index (χ0n) is 18.9. The van der Waals surface area contributed by atoms with Gasteiger partial charge in [0, 0.05) is 25.6 Å². The highest BCUT2D eigenvalue weighted by atomic mass is 35.5. The summed E-state index contributed by atoms with van der Waals surface area (Å²) < 4.78 is 5.88. The average Bonchev–Trinajstić information content (AvgIpc) is 3.36. The van der Waals surface area contributed by atoms with Crippen molar-refractivity contribution in [3.63, 3.8) is 0 Å². The van der Waals surface area contributed by atoms with Crippen LogP contribution in [0.3, 0.4) is 0 Å². The lowest BCUT2D eigenvalue weighted by atomic mass is 9.86. The van der Waals surface area contributed by atoms with Crippen LogP contribution >= 0.6 is 23.2 Å². The number of carbonyl (C=O) groups excluding carboxylic acids is 2. The number of rotatable bonds is 6. The largest absolute Gasteiger partial charge is 0.459 e. The van der Waals surface area contributed by atoms with Gasteiger partial charge in [0.1, 0.15) is 6.10 Å². The molecule has 3 atom stereocenters. The number of amides is 1. The molecule has 7 heteroatoms. The van der Waals surface area contributed by atoms with Gasteiger partial charge in [-0.05, 0) is 68.6 Å². The molecule has 2 aromatic rings. The topological polar surface area (TPSA) is 49.9 Å². The SMILES string of the molecule is CN(C(=O)Cc1ccc(Cl)c(Cl)c1)[C@H]1CC[C@@H](OC(=O)c2ccccc2)C[C@@H]1N1CCCC1. The number of nitrogens with zero attached hydrogens (tertiary/aromatic N) is 2. The number of hydrogen-bond donors (Lipinski definition) is 0. The van der Waals surface area contributed by atoms with Gasteiger partial charge >= 0.3 is 5.97 Å². The third-order valence-corrected chi connectivity index (χ3v) is 7.60. The first-order valence-electron chi connectivity index (χ1n) is 11.6. The quantitative estimate of drug-likeness (QED) is 0.521. The highest BCUT2D eigenvalue weighted by Crippen LogP contribution is 2.32. The van der Waals surface area contributed by atoms with E-state index in [9.17, 15) is 9.59 Å². The number of benzene rings is 2. The second kappa shape index (κ2) is 10.9. The van der Waals surface area contributed by atoms with Crippen molar-refractivity contribution in [2.75, 3.05) is 20.1 Å². The first-order chi connectivity index (χ1) is 15.9. The van der Waals surface area contributed by atoms with E-state index < -0.39 is 0 Å². The summed E-state index contributed by atoms with van der Waals surface area (Å²) in [6.07, 6.45) is 4.77. The zero-order valence-corrected chi connectivity index (χ0v) is 20.4. The summed E-state index contributed by atoms with van der Waals surface area (Å²) in [6.45, 7) is 2.05. The maximum Gasteiger partial charge on any atom is 0.338 e. The summed E-state index contributed by atoms with van der Waals surface area (Å²) in [5.41, 5.74) is 1.43. The molecule has 4 rings (SSSR count). The summed E-state index contributed by atoms with van der Waals surface area (Å²) in [7, 11) is 1.89. The predicted molar refractivity (Wildman–Crippen MR) is 131 cm³/mol. The van der Waals surface area contributed by atoms with Crippen molar-refractivity contribution in [1.82, 2.24) is 9.80 Å². The lowest BCUT2D eigenvalue weighted by Gasteiger charge is -2.44. The highest BCUT2D eigenvalue weighted by molar-refractivity contribution is 6.42. The molecule has 1 saturated carbocycles. The summed E-state index contributed by atoms with van der Waals surface area (Å²) >= 11 is 12.1. The third-order valence-electron chi connectivity index (χ3n) is 6.86. The van der Waals surface area contributed by atoms with Crippen molar-refractivity contribution < 1.29 is 14.3 Å². The van der Waals surface area contributed by atoms with Gasteiger partial charge in [0.2, 0.25) is 5.91 Å². The molecule has 1 aliphatic carbocycles. The van der Waals surface area contributed by atoms with E-state index in [1.165, 1.54) is 12.8 Å². The van der Waals surface area contributed by atoms with Crippen LogP contribution in [0.2, 0.25) is 10.0 Å². The maximum atomic E-state index is 13.2. The molecule has 1 saturated heterocycles. The first-order valence-corrected chi connectivity index (χ1v) is 12.4. The molecule has 0 spiro atoms. The number of carbonyl (C=O) groups is 2. The number of ether oxygens (including phenoxy) is 1. The van der Waals surface area contributed by atoms with Crippen molar-refractivity contribution in [2.45, 2.75) is 56.7 Å². The molecule has 5 nitrogen and oxygen atoms in total. The van der Waals surface area contributed by atoms with Crippen LogP contribution in [-0.2, 0) is 16.0 Å². The van der Waals surface area contributed by atoms with E-state index in [1.54, 1.807) is 24.3 Å². The lowest BCUT2D eigenvalue weighted by molar-refractivity contribution is -0.134. The van der Waals surface area contributed by atoms with Crippen LogP contribution in [0, 0.1) is 0 Å². The number of esters is 1. The van der Waals surface area contributed by atoms with Gasteiger partial charge in [0.25, 0.3) is 0 Å². The molecule has 0 aromatic heterocycles. The van der Waals surface area contributed by atoms with Crippen LogP contribution in [0.25, 0.3) is 0 Å². The number of likely N-dealkylation sites (tertiary alicyclic amines) is 1. The van der Waals surface area contributed by atoms with Crippen LogP contribution in [0.5, 0.6) is 0 Å². The van der Waals surface area contributed by atoms with Crippen LogP contribution in [0.15, 0.2) is 48.5 Å². The minimum absolute atomic E-state index is 0.0577. The van der Waals surface area contributed by atoms with E-state index in [4.69, 9.17) is 27.9 Å². The number of likely N-dealkylation sites (N-methyl/N-ethyl adjacent to an activating group) is 1.